The molecule has 1 aromatic rings. The van der Waals surface area contributed by atoms with E-state index in [9.17, 15) is 13.6 Å². The third kappa shape index (κ3) is 4.00. The zero-order valence-corrected chi connectivity index (χ0v) is 11.8. The Labute approximate surface area is 118 Å². The Bertz CT molecular complexity index is 483. The number of halogens is 2. The fourth-order valence-corrected chi connectivity index (χ4v) is 2.90. The molecule has 3 nitrogen and oxygen atoms in total. The highest BCUT2D eigenvalue weighted by Gasteiger charge is 2.23. The summed E-state index contributed by atoms with van der Waals surface area (Å²) in [6, 6.07) is 3.36. The van der Waals surface area contributed by atoms with Crippen LogP contribution < -0.4 is 5.32 Å². The summed E-state index contributed by atoms with van der Waals surface area (Å²) in [4.78, 5) is 14.0. The molecule has 0 radical (unpaired) electrons. The average molecular weight is 282 g/mol. The van der Waals surface area contributed by atoms with Gasteiger partial charge in [0.2, 0.25) is 5.91 Å². The molecular formula is C15H20F2N2O. The Balaban J connectivity index is 1.90. The standard InChI is InChI=1S/C15H20F2N2O/c1-10-5-11(2)8-19(7-10)9-15(20)18-12-3-4-13(16)14(17)6-12/h3-4,6,10-11H,5,7-9H2,1-2H3,(H,18,20)/t10-,11-/m0/s1. The van der Waals surface area contributed by atoms with Crippen molar-refractivity contribution in [1.29, 1.82) is 0 Å². The van der Waals surface area contributed by atoms with Gasteiger partial charge >= 0.3 is 0 Å². The molecule has 5 heteroatoms. The number of rotatable bonds is 3. The van der Waals surface area contributed by atoms with Gasteiger partial charge in [0.1, 0.15) is 0 Å². The van der Waals surface area contributed by atoms with Crippen LogP contribution >= 0.6 is 0 Å². The van der Waals surface area contributed by atoms with Crippen LogP contribution in [0, 0.1) is 23.5 Å². The summed E-state index contributed by atoms with van der Waals surface area (Å²) in [6.07, 6.45) is 1.18. The minimum Gasteiger partial charge on any atom is -0.325 e. The third-order valence-corrected chi connectivity index (χ3v) is 3.52. The average Bonchev–Trinajstić information content (AvgIpc) is 2.32. The molecule has 110 valence electrons. The molecule has 1 aliphatic heterocycles. The van der Waals surface area contributed by atoms with Gasteiger partial charge in [0.15, 0.2) is 11.6 Å². The van der Waals surface area contributed by atoms with Gasteiger partial charge < -0.3 is 5.32 Å². The van der Waals surface area contributed by atoms with Crippen LogP contribution in [-0.4, -0.2) is 30.4 Å². The maximum atomic E-state index is 13.1. The highest BCUT2D eigenvalue weighted by Crippen LogP contribution is 2.20. The van der Waals surface area contributed by atoms with Crippen LogP contribution in [0.2, 0.25) is 0 Å². The number of anilines is 1. The van der Waals surface area contributed by atoms with Crippen LogP contribution in [0.4, 0.5) is 14.5 Å². The molecule has 1 amide bonds. The summed E-state index contributed by atoms with van der Waals surface area (Å²) < 4.78 is 25.9. The van der Waals surface area contributed by atoms with Gasteiger partial charge in [-0.25, -0.2) is 8.78 Å². The molecule has 0 spiro atoms. The zero-order chi connectivity index (χ0) is 14.7. The van der Waals surface area contributed by atoms with Crippen LogP contribution in [-0.2, 0) is 4.79 Å². The number of nitrogens with zero attached hydrogens (tertiary/aromatic N) is 1. The van der Waals surface area contributed by atoms with Crippen molar-refractivity contribution in [1.82, 2.24) is 4.90 Å². The predicted octanol–water partition coefficient (Wildman–Crippen LogP) is 2.88. The fraction of sp³-hybridized carbons (Fsp3) is 0.533. The molecule has 1 fully saturated rings. The Morgan fingerprint density at radius 3 is 2.50 bits per heavy atom. The monoisotopic (exact) mass is 282 g/mol. The first kappa shape index (κ1) is 14.9. The summed E-state index contributed by atoms with van der Waals surface area (Å²) in [5, 5.41) is 2.60. The van der Waals surface area contributed by atoms with Crippen molar-refractivity contribution in [2.75, 3.05) is 25.0 Å². The lowest BCUT2D eigenvalue weighted by Crippen LogP contribution is -2.42. The smallest absolute Gasteiger partial charge is 0.238 e. The van der Waals surface area contributed by atoms with Crippen LogP contribution in [0.3, 0.4) is 0 Å². The van der Waals surface area contributed by atoms with Crippen molar-refractivity contribution in [3.63, 3.8) is 0 Å². The van der Waals surface area contributed by atoms with Gasteiger partial charge in [0.25, 0.3) is 0 Å². The second-order valence-corrected chi connectivity index (χ2v) is 5.82. The van der Waals surface area contributed by atoms with E-state index in [0.717, 1.165) is 25.2 Å². The number of carbonyl (C=O) groups excluding carboxylic acids is 1. The van der Waals surface area contributed by atoms with Crippen molar-refractivity contribution in [2.24, 2.45) is 11.8 Å². The molecule has 2 rings (SSSR count). The summed E-state index contributed by atoms with van der Waals surface area (Å²) >= 11 is 0. The Morgan fingerprint density at radius 1 is 1.25 bits per heavy atom. The highest BCUT2D eigenvalue weighted by molar-refractivity contribution is 5.92. The van der Waals surface area contributed by atoms with E-state index in [1.165, 1.54) is 12.5 Å². The van der Waals surface area contributed by atoms with E-state index in [4.69, 9.17) is 0 Å². The van der Waals surface area contributed by atoms with Crippen molar-refractivity contribution < 1.29 is 13.6 Å². The lowest BCUT2D eigenvalue weighted by atomic mass is 9.92. The minimum atomic E-state index is -0.956. The number of likely N-dealkylation sites (tertiary alicyclic amines) is 1. The maximum absolute atomic E-state index is 13.1. The van der Waals surface area contributed by atoms with Crippen molar-refractivity contribution in [3.8, 4) is 0 Å². The van der Waals surface area contributed by atoms with Crippen LogP contribution in [0.15, 0.2) is 18.2 Å². The quantitative estimate of drug-likeness (QED) is 0.924. The molecule has 0 saturated carbocycles. The van der Waals surface area contributed by atoms with Gasteiger partial charge in [-0.1, -0.05) is 13.8 Å². The lowest BCUT2D eigenvalue weighted by Gasteiger charge is -2.34. The van der Waals surface area contributed by atoms with E-state index >= 15 is 0 Å². The molecule has 0 unspecified atom stereocenters. The second kappa shape index (κ2) is 6.31. The first-order valence-corrected chi connectivity index (χ1v) is 6.91. The summed E-state index contributed by atoms with van der Waals surface area (Å²) in [5.41, 5.74) is 0.284. The number of amides is 1. The highest BCUT2D eigenvalue weighted by atomic mass is 19.2. The van der Waals surface area contributed by atoms with E-state index in [0.29, 0.717) is 11.8 Å². The van der Waals surface area contributed by atoms with Crippen molar-refractivity contribution in [3.05, 3.63) is 29.8 Å². The van der Waals surface area contributed by atoms with Gasteiger partial charge in [-0.05, 0) is 30.4 Å². The van der Waals surface area contributed by atoms with Crippen molar-refractivity contribution >= 4 is 11.6 Å². The number of nitrogens with one attached hydrogen (secondary N) is 1. The van der Waals surface area contributed by atoms with E-state index in [2.05, 4.69) is 24.1 Å². The molecule has 0 bridgehead atoms. The Hall–Kier alpha value is -1.49. The summed E-state index contributed by atoms with van der Waals surface area (Å²) in [7, 11) is 0. The molecule has 1 N–H and O–H groups in total. The number of hydrogen-bond donors (Lipinski definition) is 1. The SMILES string of the molecule is C[C@H]1C[C@H](C)CN(CC(=O)Nc2ccc(F)c(F)c2)C1. The Morgan fingerprint density at radius 2 is 1.90 bits per heavy atom. The number of piperidine rings is 1. The van der Waals surface area contributed by atoms with Crippen LogP contribution in [0.25, 0.3) is 0 Å². The maximum Gasteiger partial charge on any atom is 0.238 e. The molecule has 1 saturated heterocycles. The second-order valence-electron chi connectivity index (χ2n) is 5.82. The van der Waals surface area contributed by atoms with Gasteiger partial charge in [-0.3, -0.25) is 9.69 Å². The summed E-state index contributed by atoms with van der Waals surface area (Å²) in [5.74, 6) is -0.911. The van der Waals surface area contributed by atoms with E-state index < -0.39 is 11.6 Å². The zero-order valence-electron chi connectivity index (χ0n) is 11.8. The van der Waals surface area contributed by atoms with Gasteiger partial charge in [0.05, 0.1) is 6.54 Å². The van der Waals surface area contributed by atoms with Crippen LogP contribution in [0.1, 0.15) is 20.3 Å². The van der Waals surface area contributed by atoms with Gasteiger partial charge in [0, 0.05) is 24.8 Å². The largest absolute Gasteiger partial charge is 0.325 e. The molecular weight excluding hydrogens is 262 g/mol. The van der Waals surface area contributed by atoms with E-state index in [1.54, 1.807) is 0 Å². The first-order valence-electron chi connectivity index (χ1n) is 6.91. The van der Waals surface area contributed by atoms with Crippen LogP contribution in [0.5, 0.6) is 0 Å². The Kier molecular flexibility index (Phi) is 4.70. The van der Waals surface area contributed by atoms with Gasteiger partial charge in [-0.15, -0.1) is 0 Å². The van der Waals surface area contributed by atoms with Gasteiger partial charge in [-0.2, -0.15) is 0 Å². The summed E-state index contributed by atoms with van der Waals surface area (Å²) in [6.45, 7) is 6.44. The van der Waals surface area contributed by atoms with Crippen molar-refractivity contribution in [2.45, 2.75) is 20.3 Å². The molecule has 0 aliphatic carbocycles. The lowest BCUT2D eigenvalue weighted by molar-refractivity contribution is -0.117. The number of carbonyl (C=O) groups is 1. The molecule has 1 heterocycles. The predicted molar refractivity (Wildman–Crippen MR) is 74.4 cm³/mol. The first-order chi connectivity index (χ1) is 9.44. The fourth-order valence-electron chi connectivity index (χ4n) is 2.90. The molecule has 0 aromatic heterocycles. The minimum absolute atomic E-state index is 0.197. The molecule has 1 aromatic carbocycles. The molecule has 1 aliphatic rings. The number of benzene rings is 1. The number of hydrogen-bond acceptors (Lipinski definition) is 2. The topological polar surface area (TPSA) is 32.3 Å². The third-order valence-electron chi connectivity index (χ3n) is 3.52. The molecule has 20 heavy (non-hydrogen) atoms. The molecule has 2 atom stereocenters. The van der Waals surface area contributed by atoms with E-state index in [-0.39, 0.29) is 18.1 Å². The normalized spacial score (nSPS) is 23.6. The van der Waals surface area contributed by atoms with E-state index in [1.807, 2.05) is 0 Å².